The van der Waals surface area contributed by atoms with Gasteiger partial charge in [0, 0.05) is 28.7 Å². The minimum absolute atomic E-state index is 0.0742. The number of nitrogens with two attached hydrogens (primary N) is 1. The van der Waals surface area contributed by atoms with E-state index < -0.39 is 10.0 Å². The second kappa shape index (κ2) is 5.29. The monoisotopic (exact) mass is 362 g/mol. The maximum Gasteiger partial charge on any atom is 0.240 e. The summed E-state index contributed by atoms with van der Waals surface area (Å²) < 4.78 is 33.5. The highest BCUT2D eigenvalue weighted by atomic mass is 79.9. The first-order valence-electron chi connectivity index (χ1n) is 6.28. The minimum Gasteiger partial charge on any atom is -0.398 e. The molecule has 1 fully saturated rings. The number of nitrogen functional groups attached to an aromatic ring is 1. The van der Waals surface area contributed by atoms with Crippen LogP contribution in [0.2, 0.25) is 0 Å². The zero-order chi connectivity index (χ0) is 15.1. The van der Waals surface area contributed by atoms with Crippen molar-refractivity contribution < 1.29 is 13.2 Å². The number of hydrogen-bond acceptors (Lipinski definition) is 4. The molecule has 0 aromatic heterocycles. The normalized spacial score (nSPS) is 25.2. The number of benzene rings is 1. The lowest BCUT2D eigenvalue weighted by atomic mass is 9.65. The van der Waals surface area contributed by atoms with Gasteiger partial charge in [-0.3, -0.25) is 0 Å². The van der Waals surface area contributed by atoms with Crippen LogP contribution in [-0.4, -0.2) is 27.7 Å². The molecule has 2 atom stereocenters. The molecule has 112 valence electrons. The Kier molecular flexibility index (Phi) is 4.17. The van der Waals surface area contributed by atoms with Crippen LogP contribution >= 0.6 is 15.9 Å². The zero-order valence-electron chi connectivity index (χ0n) is 11.7. The first-order chi connectivity index (χ1) is 9.18. The van der Waals surface area contributed by atoms with E-state index in [4.69, 9.17) is 10.5 Å². The highest BCUT2D eigenvalue weighted by Crippen LogP contribution is 2.43. The number of anilines is 1. The van der Waals surface area contributed by atoms with Gasteiger partial charge in [-0.15, -0.1) is 0 Å². The number of halogens is 1. The Bertz CT molecular complexity index is 616. The number of hydrogen-bond donors (Lipinski definition) is 2. The number of methoxy groups -OCH3 is 1. The van der Waals surface area contributed by atoms with Crippen LogP contribution in [0, 0.1) is 5.41 Å². The molecule has 0 radical (unpaired) electrons. The molecule has 5 nitrogen and oxygen atoms in total. The summed E-state index contributed by atoms with van der Waals surface area (Å²) >= 11 is 3.25. The predicted molar refractivity (Wildman–Crippen MR) is 81.9 cm³/mol. The number of ether oxygens (including phenoxy) is 1. The lowest BCUT2D eigenvalue weighted by molar-refractivity contribution is -0.0908. The van der Waals surface area contributed by atoms with E-state index in [1.165, 1.54) is 12.1 Å². The standard InChI is InChI=1S/C13H19BrN2O3S/c1-13(2)11(7-12(13)19-3)16-20(17,18)8-4-5-9(14)10(15)6-8/h4-6,11-12,16H,7,15H2,1-3H3. The molecule has 0 spiro atoms. The molecule has 1 aromatic carbocycles. The summed E-state index contributed by atoms with van der Waals surface area (Å²) in [5, 5.41) is 0. The fraction of sp³-hybridized carbons (Fsp3) is 0.538. The molecule has 1 aliphatic rings. The molecule has 2 unspecified atom stereocenters. The average Bonchev–Trinajstić information content (AvgIpc) is 2.37. The maximum atomic E-state index is 12.4. The van der Waals surface area contributed by atoms with E-state index in [1.807, 2.05) is 13.8 Å². The Hall–Kier alpha value is -0.630. The van der Waals surface area contributed by atoms with Gasteiger partial charge in [-0.1, -0.05) is 13.8 Å². The molecule has 1 aliphatic carbocycles. The topological polar surface area (TPSA) is 81.4 Å². The molecule has 1 saturated carbocycles. The minimum atomic E-state index is -3.57. The van der Waals surface area contributed by atoms with E-state index in [0.717, 1.165) is 0 Å². The zero-order valence-corrected chi connectivity index (χ0v) is 14.1. The second-order valence-electron chi connectivity index (χ2n) is 5.64. The van der Waals surface area contributed by atoms with Crippen molar-refractivity contribution in [1.29, 1.82) is 0 Å². The number of sulfonamides is 1. The van der Waals surface area contributed by atoms with E-state index in [9.17, 15) is 8.42 Å². The van der Waals surface area contributed by atoms with E-state index in [1.54, 1.807) is 13.2 Å². The lowest BCUT2D eigenvalue weighted by Gasteiger charge is -2.50. The molecule has 3 N–H and O–H groups in total. The van der Waals surface area contributed by atoms with Crippen molar-refractivity contribution in [2.45, 2.75) is 37.3 Å². The van der Waals surface area contributed by atoms with Crippen molar-refractivity contribution in [1.82, 2.24) is 4.72 Å². The van der Waals surface area contributed by atoms with Crippen LogP contribution in [0.1, 0.15) is 20.3 Å². The van der Waals surface area contributed by atoms with Gasteiger partial charge in [0.2, 0.25) is 10.0 Å². The average molecular weight is 363 g/mol. The van der Waals surface area contributed by atoms with Crippen LogP contribution in [0.4, 0.5) is 5.69 Å². The second-order valence-corrected chi connectivity index (χ2v) is 8.21. The van der Waals surface area contributed by atoms with Crippen molar-refractivity contribution in [3.05, 3.63) is 22.7 Å². The van der Waals surface area contributed by atoms with Crippen LogP contribution in [0.25, 0.3) is 0 Å². The summed E-state index contributed by atoms with van der Waals surface area (Å²) in [5.41, 5.74) is 5.91. The molecule has 1 aromatic rings. The van der Waals surface area contributed by atoms with E-state index in [2.05, 4.69) is 20.7 Å². The number of rotatable bonds is 4. The van der Waals surface area contributed by atoms with Gasteiger partial charge in [-0.2, -0.15) is 0 Å². The fourth-order valence-corrected chi connectivity index (χ4v) is 4.12. The highest BCUT2D eigenvalue weighted by molar-refractivity contribution is 9.10. The van der Waals surface area contributed by atoms with Gasteiger partial charge in [-0.05, 0) is 40.5 Å². The van der Waals surface area contributed by atoms with Crippen LogP contribution in [0.3, 0.4) is 0 Å². The van der Waals surface area contributed by atoms with Gasteiger partial charge in [0.15, 0.2) is 0 Å². The van der Waals surface area contributed by atoms with Gasteiger partial charge in [0.25, 0.3) is 0 Å². The van der Waals surface area contributed by atoms with Crippen LogP contribution in [-0.2, 0) is 14.8 Å². The molecule has 2 rings (SSSR count). The molecule has 0 amide bonds. The Labute approximate surface area is 128 Å². The van der Waals surface area contributed by atoms with Gasteiger partial charge >= 0.3 is 0 Å². The first-order valence-corrected chi connectivity index (χ1v) is 8.56. The molecule has 20 heavy (non-hydrogen) atoms. The number of nitrogens with one attached hydrogen (secondary N) is 1. The quantitative estimate of drug-likeness (QED) is 0.803. The van der Waals surface area contributed by atoms with Crippen molar-refractivity contribution in [3.63, 3.8) is 0 Å². The summed E-state index contributed by atoms with van der Waals surface area (Å²) in [4.78, 5) is 0.176. The predicted octanol–water partition coefficient (Wildman–Crippen LogP) is 2.12. The van der Waals surface area contributed by atoms with Gasteiger partial charge in [0.1, 0.15) is 0 Å². The fourth-order valence-electron chi connectivity index (χ4n) is 2.43. The van der Waals surface area contributed by atoms with Gasteiger partial charge in [0.05, 0.1) is 11.0 Å². The van der Waals surface area contributed by atoms with Crippen molar-refractivity contribution in [2.24, 2.45) is 5.41 Å². The van der Waals surface area contributed by atoms with Crippen molar-refractivity contribution in [3.8, 4) is 0 Å². The molecule has 0 aliphatic heterocycles. The molecular formula is C13H19BrN2O3S. The van der Waals surface area contributed by atoms with Crippen molar-refractivity contribution in [2.75, 3.05) is 12.8 Å². The summed E-state index contributed by atoms with van der Waals surface area (Å²) in [6, 6.07) is 4.48. The largest absolute Gasteiger partial charge is 0.398 e. The molecule has 0 heterocycles. The Morgan fingerprint density at radius 2 is 2.10 bits per heavy atom. The van der Waals surface area contributed by atoms with Crippen LogP contribution in [0.5, 0.6) is 0 Å². The van der Waals surface area contributed by atoms with E-state index >= 15 is 0 Å². The van der Waals surface area contributed by atoms with E-state index in [0.29, 0.717) is 16.6 Å². The Morgan fingerprint density at radius 3 is 2.60 bits per heavy atom. The Morgan fingerprint density at radius 1 is 1.45 bits per heavy atom. The molecule has 0 bridgehead atoms. The summed E-state index contributed by atoms with van der Waals surface area (Å²) in [5.74, 6) is 0. The molecule has 0 saturated heterocycles. The third kappa shape index (κ3) is 2.72. The van der Waals surface area contributed by atoms with Crippen molar-refractivity contribution >= 4 is 31.6 Å². The van der Waals surface area contributed by atoms with Crippen LogP contribution < -0.4 is 10.5 Å². The molecular weight excluding hydrogens is 344 g/mol. The maximum absolute atomic E-state index is 12.4. The lowest BCUT2D eigenvalue weighted by Crippen LogP contribution is -2.61. The van der Waals surface area contributed by atoms with Gasteiger partial charge < -0.3 is 10.5 Å². The third-order valence-corrected chi connectivity index (χ3v) is 6.23. The third-order valence-electron chi connectivity index (χ3n) is 4.04. The SMILES string of the molecule is COC1CC(NS(=O)(=O)c2ccc(Br)c(N)c2)C1(C)C. The first kappa shape index (κ1) is 15.8. The Balaban J connectivity index is 2.18. The summed E-state index contributed by atoms with van der Waals surface area (Å²) in [7, 11) is -1.92. The molecule has 7 heteroatoms. The smallest absolute Gasteiger partial charge is 0.240 e. The summed E-state index contributed by atoms with van der Waals surface area (Å²) in [6.45, 7) is 3.99. The van der Waals surface area contributed by atoms with Crippen LogP contribution in [0.15, 0.2) is 27.6 Å². The summed E-state index contributed by atoms with van der Waals surface area (Å²) in [6.07, 6.45) is 0.750. The highest BCUT2D eigenvalue weighted by Gasteiger charge is 2.50. The van der Waals surface area contributed by atoms with E-state index in [-0.39, 0.29) is 22.5 Å². The van der Waals surface area contributed by atoms with Gasteiger partial charge in [-0.25, -0.2) is 13.1 Å².